The molecule has 0 unspecified atom stereocenters. The number of hydrogen-bond acceptors (Lipinski definition) is 4. The van der Waals surface area contributed by atoms with Crippen molar-refractivity contribution < 1.29 is 14.6 Å². The molecule has 2 aliphatic rings. The molecule has 2 rings (SSSR count). The third kappa shape index (κ3) is 2.94. The first-order valence-electron chi connectivity index (χ1n) is 6.41. The Kier molecular flexibility index (Phi) is 4.19. The molecule has 16 heavy (non-hydrogen) atoms. The summed E-state index contributed by atoms with van der Waals surface area (Å²) in [6.45, 7) is 1.85. The van der Waals surface area contributed by atoms with E-state index in [0.29, 0.717) is 12.5 Å². The summed E-state index contributed by atoms with van der Waals surface area (Å²) in [4.78, 5) is 0. The van der Waals surface area contributed by atoms with Crippen molar-refractivity contribution >= 4 is 0 Å². The molecule has 0 radical (unpaired) electrons. The van der Waals surface area contributed by atoms with Crippen LogP contribution in [0.2, 0.25) is 0 Å². The van der Waals surface area contributed by atoms with Gasteiger partial charge < -0.3 is 20.3 Å². The van der Waals surface area contributed by atoms with Gasteiger partial charge in [0.2, 0.25) is 0 Å². The van der Waals surface area contributed by atoms with Crippen molar-refractivity contribution in [2.45, 2.75) is 76.1 Å². The van der Waals surface area contributed by atoms with E-state index < -0.39 is 6.10 Å². The lowest BCUT2D eigenvalue weighted by Gasteiger charge is -2.38. The molecular formula is C12H23NO3. The highest BCUT2D eigenvalue weighted by atomic mass is 16.7. The summed E-state index contributed by atoms with van der Waals surface area (Å²) < 4.78 is 11.5. The van der Waals surface area contributed by atoms with Crippen LogP contribution in [0.3, 0.4) is 0 Å². The van der Waals surface area contributed by atoms with Crippen LogP contribution in [0, 0.1) is 0 Å². The average Bonchev–Trinajstić information content (AvgIpc) is 2.27. The molecule has 1 saturated carbocycles. The van der Waals surface area contributed by atoms with Crippen LogP contribution in [0.1, 0.15) is 45.4 Å². The van der Waals surface area contributed by atoms with Gasteiger partial charge in [0, 0.05) is 12.5 Å². The van der Waals surface area contributed by atoms with E-state index >= 15 is 0 Å². The minimum absolute atomic E-state index is 0.225. The van der Waals surface area contributed by atoms with E-state index in [9.17, 15) is 5.11 Å². The van der Waals surface area contributed by atoms with E-state index in [1.165, 1.54) is 19.3 Å². The molecular weight excluding hydrogens is 206 g/mol. The third-order valence-corrected chi connectivity index (χ3v) is 3.65. The first-order chi connectivity index (χ1) is 7.66. The maximum Gasteiger partial charge on any atom is 0.160 e. The van der Waals surface area contributed by atoms with E-state index in [0.717, 1.165) is 12.8 Å². The molecule has 0 aromatic heterocycles. The van der Waals surface area contributed by atoms with Gasteiger partial charge >= 0.3 is 0 Å². The molecule has 0 spiro atoms. The number of nitrogens with two attached hydrogens (primary N) is 1. The molecule has 3 N–H and O–H groups in total. The fourth-order valence-electron chi connectivity index (χ4n) is 2.59. The van der Waals surface area contributed by atoms with Gasteiger partial charge in [-0.15, -0.1) is 0 Å². The van der Waals surface area contributed by atoms with Crippen molar-refractivity contribution in [2.24, 2.45) is 5.73 Å². The normalized spacial score (nSPS) is 42.2. The molecule has 1 aliphatic heterocycles. The summed E-state index contributed by atoms with van der Waals surface area (Å²) in [5.74, 6) is 0. The maximum absolute atomic E-state index is 9.66. The van der Waals surface area contributed by atoms with Crippen molar-refractivity contribution in [1.29, 1.82) is 0 Å². The predicted octanol–water partition coefficient (Wildman–Crippen LogP) is 1.16. The standard InChI is InChI=1S/C12H23NO3/c1-8-12(14)10(13)7-11(15-8)16-9-5-3-2-4-6-9/h8-12,14H,2-7,13H2,1H3/t8-,10+,11-,12-/m0/s1. The fraction of sp³-hybridized carbons (Fsp3) is 1.00. The molecule has 4 atom stereocenters. The Morgan fingerprint density at radius 1 is 1.25 bits per heavy atom. The topological polar surface area (TPSA) is 64.7 Å². The molecule has 0 amide bonds. The van der Waals surface area contributed by atoms with Gasteiger partial charge in [-0.25, -0.2) is 0 Å². The van der Waals surface area contributed by atoms with Crippen molar-refractivity contribution in [3.8, 4) is 0 Å². The van der Waals surface area contributed by atoms with Crippen LogP contribution in [-0.4, -0.2) is 35.8 Å². The van der Waals surface area contributed by atoms with E-state index in [1.54, 1.807) is 0 Å². The Morgan fingerprint density at radius 3 is 2.56 bits per heavy atom. The van der Waals surface area contributed by atoms with Crippen molar-refractivity contribution in [2.75, 3.05) is 0 Å². The zero-order valence-corrected chi connectivity index (χ0v) is 9.97. The molecule has 4 nitrogen and oxygen atoms in total. The van der Waals surface area contributed by atoms with Crippen LogP contribution in [-0.2, 0) is 9.47 Å². The lowest BCUT2D eigenvalue weighted by Crippen LogP contribution is -2.52. The number of ether oxygens (including phenoxy) is 2. The number of hydrogen-bond donors (Lipinski definition) is 2. The van der Waals surface area contributed by atoms with E-state index in [2.05, 4.69) is 0 Å². The van der Waals surface area contributed by atoms with Crippen LogP contribution in [0.5, 0.6) is 0 Å². The van der Waals surface area contributed by atoms with Gasteiger partial charge in [-0.2, -0.15) is 0 Å². The predicted molar refractivity (Wildman–Crippen MR) is 60.9 cm³/mol. The van der Waals surface area contributed by atoms with E-state index in [-0.39, 0.29) is 18.4 Å². The van der Waals surface area contributed by atoms with Crippen molar-refractivity contribution in [3.05, 3.63) is 0 Å². The first-order valence-corrected chi connectivity index (χ1v) is 6.41. The maximum atomic E-state index is 9.66. The molecule has 0 aromatic carbocycles. The summed E-state index contributed by atoms with van der Waals surface area (Å²) in [7, 11) is 0. The van der Waals surface area contributed by atoms with Gasteiger partial charge in [0.05, 0.1) is 18.3 Å². The summed E-state index contributed by atoms with van der Waals surface area (Å²) in [6, 6.07) is -0.225. The van der Waals surface area contributed by atoms with Gasteiger partial charge in [0.15, 0.2) is 6.29 Å². The monoisotopic (exact) mass is 229 g/mol. The molecule has 0 bridgehead atoms. The highest BCUT2D eigenvalue weighted by Crippen LogP contribution is 2.26. The summed E-state index contributed by atoms with van der Waals surface area (Å²) in [6.07, 6.45) is 6.00. The minimum Gasteiger partial charge on any atom is -0.389 e. The smallest absolute Gasteiger partial charge is 0.160 e. The van der Waals surface area contributed by atoms with Gasteiger partial charge in [-0.3, -0.25) is 0 Å². The Labute approximate surface area is 97.1 Å². The zero-order chi connectivity index (χ0) is 11.5. The fourth-order valence-corrected chi connectivity index (χ4v) is 2.59. The average molecular weight is 229 g/mol. The molecule has 1 saturated heterocycles. The molecule has 2 fully saturated rings. The van der Waals surface area contributed by atoms with Gasteiger partial charge in [0.1, 0.15) is 0 Å². The SMILES string of the molecule is C[C@@H]1O[C@@H](OC2CCCCC2)C[C@@H](N)[C@H]1O. The van der Waals surface area contributed by atoms with Crippen LogP contribution in [0.15, 0.2) is 0 Å². The largest absolute Gasteiger partial charge is 0.389 e. The summed E-state index contributed by atoms with van der Waals surface area (Å²) >= 11 is 0. The summed E-state index contributed by atoms with van der Waals surface area (Å²) in [5, 5.41) is 9.66. The molecule has 0 aromatic rings. The van der Waals surface area contributed by atoms with Crippen LogP contribution < -0.4 is 5.73 Å². The number of aliphatic hydroxyl groups is 1. The number of aliphatic hydroxyl groups excluding tert-OH is 1. The molecule has 94 valence electrons. The van der Waals surface area contributed by atoms with Crippen LogP contribution in [0.25, 0.3) is 0 Å². The van der Waals surface area contributed by atoms with Crippen LogP contribution in [0.4, 0.5) is 0 Å². The highest BCUT2D eigenvalue weighted by molar-refractivity contribution is 4.83. The van der Waals surface area contributed by atoms with E-state index in [4.69, 9.17) is 15.2 Å². The van der Waals surface area contributed by atoms with Crippen LogP contribution >= 0.6 is 0 Å². The first kappa shape index (κ1) is 12.3. The minimum atomic E-state index is -0.564. The van der Waals surface area contributed by atoms with Gasteiger partial charge in [0.25, 0.3) is 0 Å². The highest BCUT2D eigenvalue weighted by Gasteiger charge is 2.34. The van der Waals surface area contributed by atoms with E-state index in [1.807, 2.05) is 6.92 Å². The van der Waals surface area contributed by atoms with Crippen molar-refractivity contribution in [3.63, 3.8) is 0 Å². The second kappa shape index (κ2) is 5.45. The summed E-state index contributed by atoms with van der Waals surface area (Å²) in [5.41, 5.74) is 5.85. The Balaban J connectivity index is 1.81. The zero-order valence-electron chi connectivity index (χ0n) is 9.97. The van der Waals surface area contributed by atoms with Gasteiger partial charge in [-0.1, -0.05) is 19.3 Å². The molecule has 1 aliphatic carbocycles. The number of rotatable bonds is 2. The molecule has 1 heterocycles. The second-order valence-electron chi connectivity index (χ2n) is 5.06. The van der Waals surface area contributed by atoms with Gasteiger partial charge in [-0.05, 0) is 19.8 Å². The Bertz CT molecular complexity index is 206. The second-order valence-corrected chi connectivity index (χ2v) is 5.06. The third-order valence-electron chi connectivity index (χ3n) is 3.65. The quantitative estimate of drug-likeness (QED) is 0.745. The Morgan fingerprint density at radius 2 is 1.94 bits per heavy atom. The molecule has 4 heteroatoms. The van der Waals surface area contributed by atoms with Crippen molar-refractivity contribution in [1.82, 2.24) is 0 Å². The Hall–Kier alpha value is -0.160. The lowest BCUT2D eigenvalue weighted by molar-refractivity contribution is -0.241. The lowest BCUT2D eigenvalue weighted by atomic mass is 9.97.